The Balaban J connectivity index is 1.55. The number of fused-ring (bicyclic) bond motifs is 3. The molecule has 1 atom stereocenters. The average molecular weight is 511 g/mol. The fourth-order valence-corrected chi connectivity index (χ4v) is 4.81. The number of aromatic nitrogens is 3. The minimum atomic E-state index is -0.990. The highest BCUT2D eigenvalue weighted by molar-refractivity contribution is 6.20. The molecular formula is C30H30N4O4. The van der Waals surface area contributed by atoms with Gasteiger partial charge in [-0.3, -0.25) is 9.59 Å². The number of aliphatic hydroxyl groups excluding tert-OH is 1. The van der Waals surface area contributed by atoms with Crippen LogP contribution in [-0.4, -0.2) is 44.6 Å². The summed E-state index contributed by atoms with van der Waals surface area (Å²) in [6.07, 6.45) is -0.990. The first-order chi connectivity index (χ1) is 18.5. The van der Waals surface area contributed by atoms with Crippen LogP contribution in [0.5, 0.6) is 0 Å². The zero-order chi connectivity index (χ0) is 26.6. The first-order valence-corrected chi connectivity index (χ1v) is 12.6. The molecule has 8 heteroatoms. The number of rotatable bonds is 9. The normalized spacial score (nSPS) is 12.2. The number of carbonyl (C=O) groups excluding carboxylic acids is 1. The molecule has 0 aliphatic heterocycles. The van der Waals surface area contributed by atoms with E-state index < -0.39 is 6.10 Å². The highest BCUT2D eigenvalue weighted by atomic mass is 16.5. The van der Waals surface area contributed by atoms with E-state index in [0.717, 1.165) is 22.2 Å². The van der Waals surface area contributed by atoms with Crippen LogP contribution in [0.3, 0.4) is 0 Å². The molecule has 0 bridgehead atoms. The molecule has 0 saturated carbocycles. The smallest absolute Gasteiger partial charge is 0.291 e. The van der Waals surface area contributed by atoms with E-state index >= 15 is 0 Å². The molecule has 3 aromatic carbocycles. The monoisotopic (exact) mass is 510 g/mol. The van der Waals surface area contributed by atoms with E-state index in [9.17, 15) is 14.7 Å². The summed E-state index contributed by atoms with van der Waals surface area (Å²) in [5, 5.41) is 16.6. The van der Waals surface area contributed by atoms with Gasteiger partial charge >= 0.3 is 0 Å². The van der Waals surface area contributed by atoms with E-state index in [4.69, 9.17) is 4.74 Å². The van der Waals surface area contributed by atoms with Crippen molar-refractivity contribution in [1.82, 2.24) is 14.3 Å². The molecule has 2 aromatic heterocycles. The van der Waals surface area contributed by atoms with Gasteiger partial charge in [-0.05, 0) is 30.7 Å². The van der Waals surface area contributed by atoms with Crippen molar-refractivity contribution < 1.29 is 14.6 Å². The highest BCUT2D eigenvalue weighted by Crippen LogP contribution is 2.29. The summed E-state index contributed by atoms with van der Waals surface area (Å²) in [5.41, 5.74) is 2.70. The summed E-state index contributed by atoms with van der Waals surface area (Å²) in [4.78, 5) is 29.2. The second-order valence-electron chi connectivity index (χ2n) is 9.18. The molecule has 5 rings (SSSR count). The number of aliphatic hydroxyl groups is 1. The van der Waals surface area contributed by atoms with Gasteiger partial charge in [-0.1, -0.05) is 66.7 Å². The Morgan fingerprint density at radius 1 is 1.00 bits per heavy atom. The quantitative estimate of drug-likeness (QED) is 0.322. The first-order valence-electron chi connectivity index (χ1n) is 12.6. The van der Waals surface area contributed by atoms with Crippen molar-refractivity contribution in [2.75, 3.05) is 18.1 Å². The average Bonchev–Trinajstić information content (AvgIpc) is 3.24. The number of hydrogen-bond acceptors (Lipinski definition) is 5. The van der Waals surface area contributed by atoms with E-state index in [-0.39, 0.29) is 30.3 Å². The summed E-state index contributed by atoms with van der Waals surface area (Å²) in [6, 6.07) is 26.6. The van der Waals surface area contributed by atoms with Gasteiger partial charge in [-0.2, -0.15) is 5.10 Å². The molecule has 0 spiro atoms. The van der Waals surface area contributed by atoms with Crippen molar-refractivity contribution in [1.29, 1.82) is 0 Å². The molecule has 2 heterocycles. The summed E-state index contributed by atoms with van der Waals surface area (Å²) in [5.74, 6) is -0.316. The van der Waals surface area contributed by atoms with E-state index in [1.807, 2.05) is 91.9 Å². The van der Waals surface area contributed by atoms with Crippen molar-refractivity contribution in [2.45, 2.75) is 26.2 Å². The number of hydrogen-bond donors (Lipinski definition) is 1. The lowest BCUT2D eigenvalue weighted by atomic mass is 10.1. The lowest BCUT2D eigenvalue weighted by Crippen LogP contribution is -2.36. The number of amides is 1. The Morgan fingerprint density at radius 3 is 2.37 bits per heavy atom. The van der Waals surface area contributed by atoms with Gasteiger partial charge < -0.3 is 19.3 Å². The van der Waals surface area contributed by atoms with Gasteiger partial charge in [-0.15, -0.1) is 0 Å². The Hall–Kier alpha value is -4.27. The lowest BCUT2D eigenvalue weighted by molar-refractivity contribution is 0.0180. The van der Waals surface area contributed by atoms with Gasteiger partial charge in [-0.25, -0.2) is 4.68 Å². The van der Waals surface area contributed by atoms with Crippen LogP contribution in [0, 0.1) is 0 Å². The first kappa shape index (κ1) is 25.4. The van der Waals surface area contributed by atoms with Crippen LogP contribution >= 0.6 is 0 Å². The third-order valence-electron chi connectivity index (χ3n) is 6.64. The van der Waals surface area contributed by atoms with Crippen LogP contribution in [0.15, 0.2) is 89.7 Å². The maximum absolute atomic E-state index is 14.0. The van der Waals surface area contributed by atoms with Crippen LogP contribution in [0.2, 0.25) is 0 Å². The van der Waals surface area contributed by atoms with E-state index in [2.05, 4.69) is 5.10 Å². The number of nitrogens with zero attached hydrogens (tertiary/aromatic N) is 4. The number of anilines is 1. The summed E-state index contributed by atoms with van der Waals surface area (Å²) < 4.78 is 8.65. The summed E-state index contributed by atoms with van der Waals surface area (Å²) in [6.45, 7) is 2.57. The molecule has 194 valence electrons. The molecule has 1 amide bonds. The van der Waals surface area contributed by atoms with Crippen molar-refractivity contribution in [2.24, 2.45) is 7.05 Å². The number of aryl methyl sites for hydroxylation is 1. The third kappa shape index (κ3) is 4.83. The van der Waals surface area contributed by atoms with Crippen LogP contribution in [0.4, 0.5) is 5.69 Å². The molecule has 0 aliphatic carbocycles. The van der Waals surface area contributed by atoms with E-state index in [1.165, 1.54) is 4.68 Å². The van der Waals surface area contributed by atoms with Crippen molar-refractivity contribution in [3.8, 4) is 0 Å². The predicted molar refractivity (Wildman–Crippen MR) is 148 cm³/mol. The van der Waals surface area contributed by atoms with Gasteiger partial charge in [0.15, 0.2) is 5.69 Å². The maximum atomic E-state index is 14.0. The van der Waals surface area contributed by atoms with Crippen LogP contribution < -0.4 is 10.5 Å². The van der Waals surface area contributed by atoms with E-state index in [0.29, 0.717) is 24.1 Å². The molecule has 5 aromatic rings. The van der Waals surface area contributed by atoms with Gasteiger partial charge in [0.25, 0.3) is 11.5 Å². The highest BCUT2D eigenvalue weighted by Gasteiger charge is 2.27. The molecule has 0 saturated heterocycles. The van der Waals surface area contributed by atoms with Gasteiger partial charge in [0, 0.05) is 35.6 Å². The molecule has 0 radical (unpaired) electrons. The van der Waals surface area contributed by atoms with Crippen LogP contribution in [0.1, 0.15) is 23.0 Å². The number of ether oxygens (including phenoxy) is 1. The Morgan fingerprint density at radius 2 is 1.66 bits per heavy atom. The molecule has 1 unspecified atom stereocenters. The molecule has 0 aliphatic rings. The Labute approximate surface area is 220 Å². The number of carbonyl (C=O) groups is 1. The van der Waals surface area contributed by atoms with E-state index in [1.54, 1.807) is 16.5 Å². The minimum absolute atomic E-state index is 0.0184. The van der Waals surface area contributed by atoms with Gasteiger partial charge in [0.2, 0.25) is 0 Å². The van der Waals surface area contributed by atoms with Crippen molar-refractivity contribution >= 4 is 33.4 Å². The van der Waals surface area contributed by atoms with Gasteiger partial charge in [0.1, 0.15) is 5.52 Å². The van der Waals surface area contributed by atoms with Crippen molar-refractivity contribution in [3.63, 3.8) is 0 Å². The maximum Gasteiger partial charge on any atom is 0.291 e. The zero-order valence-electron chi connectivity index (χ0n) is 21.4. The summed E-state index contributed by atoms with van der Waals surface area (Å²) in [7, 11) is 1.80. The fraction of sp³-hybridized carbons (Fsp3) is 0.233. The second kappa shape index (κ2) is 11.0. The summed E-state index contributed by atoms with van der Waals surface area (Å²) >= 11 is 0. The molecule has 8 nitrogen and oxygen atoms in total. The second-order valence-corrected chi connectivity index (χ2v) is 9.18. The lowest BCUT2D eigenvalue weighted by Gasteiger charge is -2.22. The largest absolute Gasteiger partial charge is 0.389 e. The molecule has 1 N–H and O–H groups in total. The zero-order valence-corrected chi connectivity index (χ0v) is 21.4. The third-order valence-corrected chi connectivity index (χ3v) is 6.64. The molecule has 38 heavy (non-hydrogen) atoms. The van der Waals surface area contributed by atoms with Crippen LogP contribution in [-0.2, 0) is 24.9 Å². The molecular weight excluding hydrogens is 480 g/mol. The van der Waals surface area contributed by atoms with Crippen molar-refractivity contribution in [3.05, 3.63) is 107 Å². The predicted octanol–water partition coefficient (Wildman–Crippen LogP) is 4.13. The molecule has 0 fully saturated rings. The SMILES string of the molecule is CCN(C(=O)c1nn(CC(O)COCc2ccccc2)c(=O)c2c1c1ccccc1n2C)c1ccccc1. The van der Waals surface area contributed by atoms with Crippen LogP contribution in [0.25, 0.3) is 21.8 Å². The Kier molecular flexibility index (Phi) is 7.35. The number of para-hydroxylation sites is 2. The topological polar surface area (TPSA) is 89.6 Å². The minimum Gasteiger partial charge on any atom is -0.389 e. The van der Waals surface area contributed by atoms with Gasteiger partial charge in [0.05, 0.1) is 25.9 Å². The fourth-order valence-electron chi connectivity index (χ4n) is 4.81. The number of benzene rings is 3. The standard InChI is InChI=1S/C30H30N4O4/c1-3-33(22-14-8-5-9-15-22)29(36)27-26-24-16-10-11-17-25(24)32(2)28(26)30(37)34(31-27)18-23(35)20-38-19-21-12-6-4-7-13-21/h4-17,23,35H,3,18-20H2,1-2H3. The Bertz CT molecular complexity index is 1630.